The summed E-state index contributed by atoms with van der Waals surface area (Å²) in [5.74, 6) is -1.61. The monoisotopic (exact) mass is 524 g/mol. The number of likely N-dealkylation sites (N-methyl/N-ethyl adjacent to an activating group) is 1. The van der Waals surface area contributed by atoms with Crippen molar-refractivity contribution in [1.82, 2.24) is 34.5 Å². The van der Waals surface area contributed by atoms with Gasteiger partial charge in [0.05, 0.1) is 31.7 Å². The van der Waals surface area contributed by atoms with E-state index in [0.717, 1.165) is 32.7 Å². The second kappa shape index (κ2) is 10.8. The summed E-state index contributed by atoms with van der Waals surface area (Å²) in [5.41, 5.74) is 1.31. The fourth-order valence-corrected chi connectivity index (χ4v) is 4.51. The molecule has 1 aliphatic rings. The maximum atomic E-state index is 15.3. The summed E-state index contributed by atoms with van der Waals surface area (Å²) in [5, 5.41) is 8.11. The van der Waals surface area contributed by atoms with Crippen LogP contribution in [0.25, 0.3) is 33.4 Å². The molecule has 5 rings (SSSR count). The minimum absolute atomic E-state index is 0.0583. The highest BCUT2D eigenvalue weighted by molar-refractivity contribution is 5.94. The molecule has 0 spiro atoms. The predicted octanol–water partition coefficient (Wildman–Crippen LogP) is 3.05. The number of hydrogen-bond donors (Lipinski definition) is 1. The number of pyridine rings is 1. The van der Waals surface area contributed by atoms with Crippen molar-refractivity contribution in [2.24, 2.45) is 7.05 Å². The lowest BCUT2D eigenvalue weighted by Gasteiger charge is -2.32. The van der Waals surface area contributed by atoms with Gasteiger partial charge in [-0.25, -0.2) is 23.7 Å². The van der Waals surface area contributed by atoms with Crippen LogP contribution >= 0.6 is 0 Å². The number of rotatable bonds is 8. The predicted molar refractivity (Wildman–Crippen MR) is 140 cm³/mol. The lowest BCUT2D eigenvalue weighted by atomic mass is 10.0. The molecule has 10 nitrogen and oxygen atoms in total. The van der Waals surface area contributed by atoms with Crippen molar-refractivity contribution in [3.05, 3.63) is 42.4 Å². The quantitative estimate of drug-likeness (QED) is 0.373. The first-order chi connectivity index (χ1) is 18.4. The number of halogens is 2. The van der Waals surface area contributed by atoms with Crippen LogP contribution in [-0.4, -0.2) is 95.1 Å². The number of nitrogens with zero attached hydrogens (tertiary/aromatic N) is 7. The third kappa shape index (κ3) is 5.09. The average molecular weight is 525 g/mol. The van der Waals surface area contributed by atoms with Crippen molar-refractivity contribution in [2.45, 2.75) is 0 Å². The number of anilines is 1. The Labute approximate surface area is 219 Å². The zero-order valence-electron chi connectivity index (χ0n) is 21.8. The zero-order valence-corrected chi connectivity index (χ0v) is 21.8. The molecule has 0 radical (unpaired) electrons. The maximum absolute atomic E-state index is 15.3. The minimum atomic E-state index is -0.877. The molecule has 1 fully saturated rings. The normalized spacial score (nSPS) is 14.7. The molecule has 12 heteroatoms. The van der Waals surface area contributed by atoms with Gasteiger partial charge in [-0.3, -0.25) is 9.58 Å². The van der Waals surface area contributed by atoms with Gasteiger partial charge < -0.3 is 19.7 Å². The van der Waals surface area contributed by atoms with Crippen molar-refractivity contribution in [1.29, 1.82) is 0 Å². The van der Waals surface area contributed by atoms with Crippen molar-refractivity contribution in [3.63, 3.8) is 0 Å². The Morgan fingerprint density at radius 1 is 0.947 bits per heavy atom. The van der Waals surface area contributed by atoms with Crippen molar-refractivity contribution in [3.8, 4) is 34.0 Å². The third-order valence-electron chi connectivity index (χ3n) is 6.68. The number of nitrogens with one attached hydrogen (secondary N) is 1. The fraction of sp³-hybridized carbons (Fsp3) is 0.385. The van der Waals surface area contributed by atoms with Crippen LogP contribution in [0.15, 0.2) is 30.7 Å². The number of aromatic nitrogens is 5. The first-order valence-electron chi connectivity index (χ1n) is 12.3. The van der Waals surface area contributed by atoms with Crippen LogP contribution in [-0.2, 0) is 7.05 Å². The molecule has 38 heavy (non-hydrogen) atoms. The topological polar surface area (TPSA) is 93.5 Å². The van der Waals surface area contributed by atoms with Gasteiger partial charge in [0.15, 0.2) is 23.1 Å². The molecule has 0 atom stereocenters. The van der Waals surface area contributed by atoms with Crippen LogP contribution in [0.1, 0.15) is 0 Å². The van der Waals surface area contributed by atoms with E-state index in [2.05, 4.69) is 37.2 Å². The number of benzene rings is 1. The van der Waals surface area contributed by atoms with Crippen LogP contribution in [0.2, 0.25) is 0 Å². The average Bonchev–Trinajstić information content (AvgIpc) is 3.35. The van der Waals surface area contributed by atoms with Gasteiger partial charge >= 0.3 is 0 Å². The summed E-state index contributed by atoms with van der Waals surface area (Å²) in [6.07, 6.45) is 5.03. The number of aryl methyl sites for hydroxylation is 1. The number of hydrogen-bond acceptors (Lipinski definition) is 9. The van der Waals surface area contributed by atoms with Gasteiger partial charge in [-0.15, -0.1) is 0 Å². The molecular weight excluding hydrogens is 494 g/mol. The SMILES string of the molecule is COc1cc(OC)c(F)c(-c2cc3cnc(NCCN4CCN(C)CC4)nc3c(-c3cnn(C)c3)n2)c1F. The Kier molecular flexibility index (Phi) is 7.34. The first-order valence-corrected chi connectivity index (χ1v) is 12.3. The van der Waals surface area contributed by atoms with E-state index in [1.54, 1.807) is 36.4 Å². The lowest BCUT2D eigenvalue weighted by Crippen LogP contribution is -2.45. The molecule has 0 saturated carbocycles. The van der Waals surface area contributed by atoms with Crippen LogP contribution in [0, 0.1) is 11.6 Å². The van der Waals surface area contributed by atoms with E-state index in [-0.39, 0.29) is 22.8 Å². The van der Waals surface area contributed by atoms with E-state index in [4.69, 9.17) is 14.5 Å². The van der Waals surface area contributed by atoms with Gasteiger partial charge in [0.25, 0.3) is 0 Å². The van der Waals surface area contributed by atoms with Crippen molar-refractivity contribution >= 4 is 16.9 Å². The third-order valence-corrected chi connectivity index (χ3v) is 6.68. The summed E-state index contributed by atoms with van der Waals surface area (Å²) in [6.45, 7) is 5.71. The van der Waals surface area contributed by atoms with Crippen LogP contribution in [0.5, 0.6) is 11.5 Å². The molecule has 0 bridgehead atoms. The molecule has 0 unspecified atom stereocenters. The Hall–Kier alpha value is -3.90. The summed E-state index contributed by atoms with van der Waals surface area (Å²) in [6, 6.07) is 2.73. The Balaban J connectivity index is 1.54. The Morgan fingerprint density at radius 2 is 1.66 bits per heavy atom. The van der Waals surface area contributed by atoms with E-state index in [0.29, 0.717) is 34.7 Å². The highest BCUT2D eigenvalue weighted by atomic mass is 19.1. The molecule has 1 N–H and O–H groups in total. The van der Waals surface area contributed by atoms with Gasteiger partial charge in [0.2, 0.25) is 5.95 Å². The fourth-order valence-electron chi connectivity index (χ4n) is 4.51. The van der Waals surface area contributed by atoms with Gasteiger partial charge in [-0.2, -0.15) is 5.10 Å². The number of methoxy groups -OCH3 is 2. The molecule has 4 aromatic rings. The molecule has 1 aliphatic heterocycles. The molecule has 1 saturated heterocycles. The summed E-state index contributed by atoms with van der Waals surface area (Å²) in [4.78, 5) is 18.5. The van der Waals surface area contributed by atoms with E-state index in [1.807, 2.05) is 0 Å². The van der Waals surface area contributed by atoms with Crippen molar-refractivity contribution in [2.75, 3.05) is 65.9 Å². The number of ether oxygens (including phenoxy) is 2. The Bertz CT molecular complexity index is 1420. The largest absolute Gasteiger partial charge is 0.494 e. The summed E-state index contributed by atoms with van der Waals surface area (Å²) < 4.78 is 42.5. The molecular formula is C26H30F2N8O2. The summed E-state index contributed by atoms with van der Waals surface area (Å²) >= 11 is 0. The van der Waals surface area contributed by atoms with Gasteiger partial charge in [-0.1, -0.05) is 0 Å². The molecule has 3 aromatic heterocycles. The van der Waals surface area contributed by atoms with E-state index >= 15 is 8.78 Å². The van der Waals surface area contributed by atoms with Crippen LogP contribution in [0.3, 0.4) is 0 Å². The first kappa shape index (κ1) is 25.7. The number of fused-ring (bicyclic) bond motifs is 1. The molecule has 4 heterocycles. The second-order valence-corrected chi connectivity index (χ2v) is 9.25. The van der Waals surface area contributed by atoms with Crippen molar-refractivity contribution < 1.29 is 18.3 Å². The minimum Gasteiger partial charge on any atom is -0.494 e. The van der Waals surface area contributed by atoms with Crippen LogP contribution < -0.4 is 14.8 Å². The smallest absolute Gasteiger partial charge is 0.223 e. The number of piperazine rings is 1. The van der Waals surface area contributed by atoms with Crippen LogP contribution in [0.4, 0.5) is 14.7 Å². The van der Waals surface area contributed by atoms with E-state index < -0.39 is 11.6 Å². The lowest BCUT2D eigenvalue weighted by molar-refractivity contribution is 0.158. The molecule has 0 amide bonds. The zero-order chi connectivity index (χ0) is 26.8. The van der Waals surface area contributed by atoms with E-state index in [9.17, 15) is 0 Å². The van der Waals surface area contributed by atoms with Gasteiger partial charge in [0.1, 0.15) is 11.2 Å². The van der Waals surface area contributed by atoms with E-state index in [1.165, 1.54) is 20.3 Å². The molecule has 1 aromatic carbocycles. The highest BCUT2D eigenvalue weighted by Gasteiger charge is 2.24. The maximum Gasteiger partial charge on any atom is 0.223 e. The summed E-state index contributed by atoms with van der Waals surface area (Å²) in [7, 11) is 6.52. The molecule has 200 valence electrons. The molecule has 0 aliphatic carbocycles. The Morgan fingerprint density at radius 3 is 2.29 bits per heavy atom. The highest BCUT2D eigenvalue weighted by Crippen LogP contribution is 2.39. The van der Waals surface area contributed by atoms with Gasteiger partial charge in [0, 0.05) is 75.7 Å². The standard InChI is InChI=1S/C26H30F2N8O2/c1-34-7-9-36(10-8-34)6-5-29-26-30-13-16-11-18(21-22(27)19(37-3)12-20(38-4)23(21)28)32-25(24(16)33-26)17-14-31-35(2)15-17/h11-15H,5-10H2,1-4H3,(H,29,30,33). The van der Waals surface area contributed by atoms with Gasteiger partial charge in [-0.05, 0) is 13.1 Å². The second-order valence-electron chi connectivity index (χ2n) is 9.25.